The molecular formula is C22H29ClN8O. The third-order valence-electron chi connectivity index (χ3n) is 6.49. The maximum absolute atomic E-state index is 6.31. The lowest BCUT2D eigenvalue weighted by Crippen LogP contribution is -2.55. The zero-order valence-corrected chi connectivity index (χ0v) is 18.9. The fourth-order valence-corrected chi connectivity index (χ4v) is 4.95. The van der Waals surface area contributed by atoms with E-state index < -0.39 is 0 Å². The monoisotopic (exact) mass is 456 g/mol. The summed E-state index contributed by atoms with van der Waals surface area (Å²) in [6, 6.07) is 11.0. The van der Waals surface area contributed by atoms with Gasteiger partial charge in [0.2, 0.25) is 11.9 Å². The maximum atomic E-state index is 6.31. The quantitative estimate of drug-likeness (QED) is 0.608. The summed E-state index contributed by atoms with van der Waals surface area (Å²) >= 11 is 6.09. The van der Waals surface area contributed by atoms with E-state index in [0.717, 1.165) is 49.6 Å². The molecule has 4 heterocycles. The van der Waals surface area contributed by atoms with Crippen LogP contribution in [0.1, 0.15) is 30.2 Å². The molecule has 2 aliphatic rings. The van der Waals surface area contributed by atoms with E-state index in [2.05, 4.69) is 48.3 Å². The summed E-state index contributed by atoms with van der Waals surface area (Å²) in [7, 11) is 1.94. The Hall–Kier alpha value is -2.62. The van der Waals surface area contributed by atoms with Gasteiger partial charge in [-0.3, -0.25) is 9.58 Å². The van der Waals surface area contributed by atoms with E-state index in [1.54, 1.807) is 0 Å². The third-order valence-corrected chi connectivity index (χ3v) is 6.74. The Morgan fingerprint density at radius 1 is 1.19 bits per heavy atom. The number of anilines is 2. The molecule has 2 saturated heterocycles. The molecule has 0 radical (unpaired) electrons. The van der Waals surface area contributed by atoms with E-state index in [-0.39, 0.29) is 6.10 Å². The average molecular weight is 457 g/mol. The molecular weight excluding hydrogens is 428 g/mol. The predicted octanol–water partition coefficient (Wildman–Crippen LogP) is 2.43. The van der Waals surface area contributed by atoms with Gasteiger partial charge in [0.1, 0.15) is 6.10 Å². The van der Waals surface area contributed by atoms with E-state index in [9.17, 15) is 0 Å². The maximum Gasteiger partial charge on any atom is 0.246 e. The number of aromatic amines is 1. The Labute approximate surface area is 192 Å². The molecule has 0 aliphatic carbocycles. The topological polar surface area (TPSA) is 101 Å². The van der Waals surface area contributed by atoms with E-state index >= 15 is 0 Å². The van der Waals surface area contributed by atoms with Crippen LogP contribution < -0.4 is 10.6 Å². The Morgan fingerprint density at radius 2 is 1.97 bits per heavy atom. The molecule has 0 amide bonds. The summed E-state index contributed by atoms with van der Waals surface area (Å²) in [6.45, 7) is 3.33. The molecule has 1 aromatic carbocycles. The van der Waals surface area contributed by atoms with Crippen molar-refractivity contribution >= 4 is 23.5 Å². The van der Waals surface area contributed by atoms with Gasteiger partial charge in [0.25, 0.3) is 0 Å². The first kappa shape index (κ1) is 21.2. The fraction of sp³-hybridized carbons (Fsp3) is 0.500. The first-order chi connectivity index (χ1) is 15.5. The van der Waals surface area contributed by atoms with Crippen LogP contribution in [-0.4, -0.2) is 68.2 Å². The number of benzene rings is 1. The van der Waals surface area contributed by atoms with E-state index in [1.807, 2.05) is 30.1 Å². The second kappa shape index (κ2) is 9.09. The number of piperidine rings is 1. The first-order valence-electron chi connectivity index (χ1n) is 11.1. The molecule has 3 N–H and O–H groups in total. The normalized spacial score (nSPS) is 23.0. The highest BCUT2D eigenvalue weighted by atomic mass is 35.5. The molecule has 0 bridgehead atoms. The molecule has 2 aliphatic heterocycles. The number of halogens is 1. The molecule has 0 unspecified atom stereocenters. The molecule has 32 heavy (non-hydrogen) atoms. The minimum Gasteiger partial charge on any atom is -0.369 e. The van der Waals surface area contributed by atoms with Gasteiger partial charge in [-0.15, -0.1) is 5.10 Å². The van der Waals surface area contributed by atoms with Crippen molar-refractivity contribution in [2.24, 2.45) is 7.05 Å². The van der Waals surface area contributed by atoms with Gasteiger partial charge in [-0.1, -0.05) is 23.7 Å². The highest BCUT2D eigenvalue weighted by Crippen LogP contribution is 2.31. The largest absolute Gasteiger partial charge is 0.369 e. The summed E-state index contributed by atoms with van der Waals surface area (Å²) in [6.07, 6.45) is 4.98. The Bertz CT molecular complexity index is 1030. The third kappa shape index (κ3) is 4.60. The van der Waals surface area contributed by atoms with Crippen LogP contribution in [0, 0.1) is 0 Å². The number of aryl methyl sites for hydroxylation is 1. The van der Waals surface area contributed by atoms with Crippen molar-refractivity contribution in [3.8, 4) is 0 Å². The Morgan fingerprint density at radius 3 is 2.62 bits per heavy atom. The number of nitrogens with one attached hydrogen (secondary N) is 1. The number of ether oxygens (including phenoxy) is 1. The van der Waals surface area contributed by atoms with E-state index in [0.29, 0.717) is 30.6 Å². The van der Waals surface area contributed by atoms with Gasteiger partial charge in [-0.05, 0) is 43.0 Å². The molecule has 10 heteroatoms. The van der Waals surface area contributed by atoms with E-state index in [1.165, 1.54) is 5.56 Å². The molecule has 170 valence electrons. The average Bonchev–Trinajstić information content (AvgIpc) is 3.44. The van der Waals surface area contributed by atoms with Crippen molar-refractivity contribution in [1.82, 2.24) is 29.9 Å². The number of morpholine rings is 1. The van der Waals surface area contributed by atoms with E-state index in [4.69, 9.17) is 22.1 Å². The Balaban J connectivity index is 1.31. The standard InChI is InChI=1S/C22H29ClN8O/c1-29-9-8-19(28-29)20-13-31(18(14-32-20)12-15-2-4-16(23)5-3-15)17-6-10-30(11-7-17)22-25-21(24)26-27-22/h2-5,8-9,17-18,20H,6-7,10-14H2,1H3,(H3,24,25,26,27)/t18-,20+/m0/s1. The van der Waals surface area contributed by atoms with Gasteiger partial charge in [0.05, 0.1) is 12.3 Å². The zero-order chi connectivity index (χ0) is 22.1. The predicted molar refractivity (Wildman–Crippen MR) is 124 cm³/mol. The van der Waals surface area contributed by atoms with Crippen molar-refractivity contribution in [3.05, 3.63) is 52.8 Å². The van der Waals surface area contributed by atoms with Crippen molar-refractivity contribution < 1.29 is 4.74 Å². The van der Waals surface area contributed by atoms with Crippen LogP contribution in [0.15, 0.2) is 36.5 Å². The van der Waals surface area contributed by atoms with Crippen LogP contribution in [0.5, 0.6) is 0 Å². The molecule has 2 aromatic heterocycles. The van der Waals surface area contributed by atoms with Crippen LogP contribution in [0.25, 0.3) is 0 Å². The van der Waals surface area contributed by atoms with Gasteiger partial charge in [0.15, 0.2) is 0 Å². The molecule has 9 nitrogen and oxygen atoms in total. The van der Waals surface area contributed by atoms with Crippen LogP contribution in [0.2, 0.25) is 5.02 Å². The number of nitrogen functional groups attached to an aromatic ring is 1. The lowest BCUT2D eigenvalue weighted by atomic mass is 9.96. The van der Waals surface area contributed by atoms with Crippen LogP contribution in [0.3, 0.4) is 0 Å². The molecule has 2 atom stereocenters. The molecule has 3 aromatic rings. The highest BCUT2D eigenvalue weighted by molar-refractivity contribution is 6.30. The van der Waals surface area contributed by atoms with Crippen molar-refractivity contribution in [2.75, 3.05) is 36.9 Å². The molecule has 5 rings (SSSR count). The summed E-state index contributed by atoms with van der Waals surface area (Å²) in [5.74, 6) is 1.04. The van der Waals surface area contributed by atoms with Crippen LogP contribution >= 0.6 is 11.6 Å². The second-order valence-electron chi connectivity index (χ2n) is 8.66. The number of hydrogen-bond acceptors (Lipinski definition) is 7. The Kier molecular flexibility index (Phi) is 6.03. The van der Waals surface area contributed by atoms with Gasteiger partial charge in [-0.25, -0.2) is 5.10 Å². The summed E-state index contributed by atoms with van der Waals surface area (Å²) in [5.41, 5.74) is 7.98. The lowest BCUT2D eigenvalue weighted by molar-refractivity contribution is -0.0856. The van der Waals surface area contributed by atoms with Gasteiger partial charge >= 0.3 is 0 Å². The van der Waals surface area contributed by atoms with Gasteiger partial charge in [-0.2, -0.15) is 10.1 Å². The number of H-pyrrole nitrogens is 1. The minimum absolute atomic E-state index is 0.0106. The summed E-state index contributed by atoms with van der Waals surface area (Å²) in [4.78, 5) is 9.13. The zero-order valence-electron chi connectivity index (χ0n) is 18.2. The number of rotatable bonds is 5. The molecule has 0 saturated carbocycles. The summed E-state index contributed by atoms with van der Waals surface area (Å²) in [5, 5.41) is 12.3. The van der Waals surface area contributed by atoms with Crippen LogP contribution in [0.4, 0.5) is 11.9 Å². The van der Waals surface area contributed by atoms with Gasteiger partial charge < -0.3 is 15.4 Å². The highest BCUT2D eigenvalue weighted by Gasteiger charge is 2.37. The fourth-order valence-electron chi connectivity index (χ4n) is 4.82. The summed E-state index contributed by atoms with van der Waals surface area (Å²) < 4.78 is 8.15. The van der Waals surface area contributed by atoms with Crippen molar-refractivity contribution in [1.29, 1.82) is 0 Å². The number of nitrogens with zero attached hydrogens (tertiary/aromatic N) is 6. The smallest absolute Gasteiger partial charge is 0.246 e. The van der Waals surface area contributed by atoms with Crippen molar-refractivity contribution in [3.63, 3.8) is 0 Å². The van der Waals surface area contributed by atoms with Crippen molar-refractivity contribution in [2.45, 2.75) is 37.5 Å². The minimum atomic E-state index is -0.0106. The van der Waals surface area contributed by atoms with Crippen LogP contribution in [-0.2, 0) is 18.2 Å². The number of nitrogens with two attached hydrogens (primary N) is 1. The number of aromatic nitrogens is 5. The molecule has 0 spiro atoms. The lowest BCUT2D eigenvalue weighted by Gasteiger charge is -2.46. The SMILES string of the molecule is Cn1ccc([C@H]2CN(C3CCN(c4n[nH]c(N)n4)CC3)[C@@H](Cc3ccc(Cl)cc3)CO2)n1. The second-order valence-corrected chi connectivity index (χ2v) is 9.09. The number of hydrogen-bond donors (Lipinski definition) is 2. The van der Waals surface area contributed by atoms with Gasteiger partial charge in [0, 0.05) is 50.0 Å². The first-order valence-corrected chi connectivity index (χ1v) is 11.5. The molecule has 2 fully saturated rings.